The summed E-state index contributed by atoms with van der Waals surface area (Å²) in [4.78, 5) is 35.7. The molecule has 1 aromatic carbocycles. The third kappa shape index (κ3) is 4.10. The van der Waals surface area contributed by atoms with Gasteiger partial charge in [-0.1, -0.05) is 12.1 Å². The molecule has 0 fully saturated rings. The van der Waals surface area contributed by atoms with E-state index in [1.165, 1.54) is 19.9 Å². The average Bonchev–Trinajstić information content (AvgIpc) is 2.45. The van der Waals surface area contributed by atoms with Gasteiger partial charge in [-0.05, 0) is 51.0 Å². The van der Waals surface area contributed by atoms with Gasteiger partial charge in [0.2, 0.25) is 0 Å². The summed E-state index contributed by atoms with van der Waals surface area (Å²) in [5.41, 5.74) is 1.70. The first-order valence-corrected chi connectivity index (χ1v) is 7.48. The predicted molar refractivity (Wildman–Crippen MR) is 89.1 cm³/mol. The van der Waals surface area contributed by atoms with E-state index in [9.17, 15) is 14.4 Å². The molecule has 1 atom stereocenters. The van der Waals surface area contributed by atoms with Gasteiger partial charge in [0.25, 0.3) is 5.91 Å². The molecule has 0 aliphatic carbocycles. The van der Waals surface area contributed by atoms with Crippen molar-refractivity contribution in [1.82, 2.24) is 0 Å². The summed E-state index contributed by atoms with van der Waals surface area (Å²) in [6, 6.07) is 8.50. The number of rotatable bonds is 4. The summed E-state index contributed by atoms with van der Waals surface area (Å²) in [6.07, 6.45) is -0.997. The molecule has 6 nitrogen and oxygen atoms in total. The van der Waals surface area contributed by atoms with E-state index in [1.807, 2.05) is 25.1 Å². The van der Waals surface area contributed by atoms with Gasteiger partial charge in [-0.2, -0.15) is 0 Å². The molecule has 0 saturated carbocycles. The molecule has 0 aliphatic heterocycles. The van der Waals surface area contributed by atoms with Crippen molar-refractivity contribution in [3.8, 4) is 0 Å². The number of aryl methyl sites for hydroxylation is 3. The van der Waals surface area contributed by atoms with Gasteiger partial charge < -0.3 is 14.5 Å². The van der Waals surface area contributed by atoms with Crippen molar-refractivity contribution in [3.63, 3.8) is 0 Å². The van der Waals surface area contributed by atoms with Gasteiger partial charge in [-0.25, -0.2) is 9.59 Å². The van der Waals surface area contributed by atoms with Crippen molar-refractivity contribution in [2.24, 2.45) is 0 Å². The first-order valence-electron chi connectivity index (χ1n) is 7.48. The van der Waals surface area contributed by atoms with Gasteiger partial charge in [-0.3, -0.25) is 4.79 Å². The Bertz CT molecular complexity index is 811. The topological polar surface area (TPSA) is 85.6 Å². The fourth-order valence-electron chi connectivity index (χ4n) is 2.30. The maximum atomic E-state index is 12.3. The summed E-state index contributed by atoms with van der Waals surface area (Å²) in [5, 5.41) is 2.69. The molecular formula is C18H19NO5. The Morgan fingerprint density at radius 1 is 1.17 bits per heavy atom. The summed E-state index contributed by atoms with van der Waals surface area (Å²) < 4.78 is 10.1. The zero-order chi connectivity index (χ0) is 17.9. The molecule has 0 aliphatic rings. The molecule has 1 heterocycles. The maximum absolute atomic E-state index is 12.3. The zero-order valence-corrected chi connectivity index (χ0v) is 14.0. The molecule has 2 rings (SSSR count). The maximum Gasteiger partial charge on any atom is 0.342 e. The number of anilines is 1. The van der Waals surface area contributed by atoms with Crippen LogP contribution in [0, 0.1) is 20.8 Å². The first kappa shape index (κ1) is 17.5. The number of carbonyl (C=O) groups excluding carboxylic acids is 2. The van der Waals surface area contributed by atoms with Crippen LogP contribution in [0.25, 0.3) is 0 Å². The van der Waals surface area contributed by atoms with Crippen LogP contribution in [0.3, 0.4) is 0 Å². The van der Waals surface area contributed by atoms with Gasteiger partial charge in [0.15, 0.2) is 6.10 Å². The largest absolute Gasteiger partial charge is 0.449 e. The molecule has 0 spiro atoms. The van der Waals surface area contributed by atoms with E-state index in [1.54, 1.807) is 13.0 Å². The summed E-state index contributed by atoms with van der Waals surface area (Å²) in [5.74, 6) is -0.987. The van der Waals surface area contributed by atoms with Crippen molar-refractivity contribution < 1.29 is 18.7 Å². The number of ether oxygens (including phenoxy) is 1. The van der Waals surface area contributed by atoms with Gasteiger partial charge in [0, 0.05) is 11.8 Å². The monoisotopic (exact) mass is 329 g/mol. The first-order chi connectivity index (χ1) is 11.3. The Labute approximate surface area is 139 Å². The molecule has 1 N–H and O–H groups in total. The van der Waals surface area contributed by atoms with E-state index in [0.717, 1.165) is 5.56 Å². The molecule has 1 amide bonds. The Morgan fingerprint density at radius 3 is 2.50 bits per heavy atom. The molecule has 24 heavy (non-hydrogen) atoms. The standard InChI is InChI=1S/C18H19NO5/c1-10-6-5-7-14(8-10)19-17(21)13(4)24-18(22)16-11(2)9-15(20)23-12(16)3/h5-9,13H,1-4H3,(H,19,21)/t13-/m0/s1. The van der Waals surface area contributed by atoms with E-state index >= 15 is 0 Å². The fraction of sp³-hybridized carbons (Fsp3) is 0.278. The minimum Gasteiger partial charge on any atom is -0.449 e. The summed E-state index contributed by atoms with van der Waals surface area (Å²) in [6.45, 7) is 6.50. The van der Waals surface area contributed by atoms with Crippen LogP contribution in [0.4, 0.5) is 5.69 Å². The lowest BCUT2D eigenvalue weighted by Gasteiger charge is -2.15. The van der Waals surface area contributed by atoms with Crippen LogP contribution < -0.4 is 10.9 Å². The van der Waals surface area contributed by atoms with Gasteiger partial charge in [0.05, 0.1) is 0 Å². The molecule has 2 aromatic rings. The van der Waals surface area contributed by atoms with Crippen LogP contribution in [0.5, 0.6) is 0 Å². The number of carbonyl (C=O) groups is 2. The molecule has 0 saturated heterocycles. The normalized spacial score (nSPS) is 11.7. The summed E-state index contributed by atoms with van der Waals surface area (Å²) in [7, 11) is 0. The Balaban J connectivity index is 2.09. The lowest BCUT2D eigenvalue weighted by molar-refractivity contribution is -0.123. The second kappa shape index (κ2) is 7.12. The molecule has 0 unspecified atom stereocenters. The van der Waals surface area contributed by atoms with E-state index in [4.69, 9.17) is 9.15 Å². The van der Waals surface area contributed by atoms with E-state index in [-0.39, 0.29) is 11.3 Å². The highest BCUT2D eigenvalue weighted by Gasteiger charge is 2.23. The Hall–Kier alpha value is -2.89. The number of amides is 1. The predicted octanol–water partition coefficient (Wildman–Crippen LogP) is 2.75. The van der Waals surface area contributed by atoms with Crippen molar-refractivity contribution in [2.45, 2.75) is 33.8 Å². The minimum absolute atomic E-state index is 0.157. The van der Waals surface area contributed by atoms with Crippen molar-refractivity contribution in [3.05, 3.63) is 63.2 Å². The van der Waals surface area contributed by atoms with Gasteiger partial charge >= 0.3 is 11.6 Å². The lowest BCUT2D eigenvalue weighted by Crippen LogP contribution is -2.30. The third-order valence-electron chi connectivity index (χ3n) is 3.48. The van der Waals surface area contributed by atoms with Crippen LogP contribution in [0.15, 0.2) is 39.5 Å². The number of nitrogens with one attached hydrogen (secondary N) is 1. The smallest absolute Gasteiger partial charge is 0.342 e. The van der Waals surface area contributed by atoms with Crippen LogP contribution in [0.2, 0.25) is 0 Å². The van der Waals surface area contributed by atoms with Crippen molar-refractivity contribution in [1.29, 1.82) is 0 Å². The van der Waals surface area contributed by atoms with E-state index < -0.39 is 23.6 Å². The highest BCUT2D eigenvalue weighted by atomic mass is 16.5. The number of hydrogen-bond acceptors (Lipinski definition) is 5. The molecule has 1 aromatic heterocycles. The second-order valence-electron chi connectivity index (χ2n) is 5.59. The summed E-state index contributed by atoms with van der Waals surface area (Å²) >= 11 is 0. The Morgan fingerprint density at radius 2 is 1.88 bits per heavy atom. The highest BCUT2D eigenvalue weighted by Crippen LogP contribution is 2.15. The Kier molecular flexibility index (Phi) is 5.18. The number of benzene rings is 1. The van der Waals surface area contributed by atoms with Gasteiger partial charge in [0.1, 0.15) is 11.3 Å². The van der Waals surface area contributed by atoms with Crippen molar-refractivity contribution >= 4 is 17.6 Å². The molecular weight excluding hydrogens is 310 g/mol. The molecule has 0 radical (unpaired) electrons. The molecule has 0 bridgehead atoms. The van der Waals surface area contributed by atoms with Crippen LogP contribution >= 0.6 is 0 Å². The van der Waals surface area contributed by atoms with E-state index in [0.29, 0.717) is 11.3 Å². The van der Waals surface area contributed by atoms with Gasteiger partial charge in [-0.15, -0.1) is 0 Å². The quantitative estimate of drug-likeness (QED) is 0.872. The SMILES string of the molecule is Cc1cccc(NC(=O)[C@H](C)OC(=O)c2c(C)cc(=O)oc2C)c1. The fourth-order valence-corrected chi connectivity index (χ4v) is 2.30. The van der Waals surface area contributed by atoms with E-state index in [2.05, 4.69) is 5.32 Å². The third-order valence-corrected chi connectivity index (χ3v) is 3.48. The molecule has 126 valence electrons. The number of hydrogen-bond donors (Lipinski definition) is 1. The minimum atomic E-state index is -0.997. The molecule has 6 heteroatoms. The average molecular weight is 329 g/mol. The zero-order valence-electron chi connectivity index (χ0n) is 14.0. The van der Waals surface area contributed by atoms with Crippen LogP contribution in [0.1, 0.15) is 34.2 Å². The van der Waals surface area contributed by atoms with Crippen molar-refractivity contribution in [2.75, 3.05) is 5.32 Å². The highest BCUT2D eigenvalue weighted by molar-refractivity contribution is 5.98. The number of esters is 1. The van der Waals surface area contributed by atoms with Crippen LogP contribution in [-0.2, 0) is 9.53 Å². The van der Waals surface area contributed by atoms with Crippen LogP contribution in [-0.4, -0.2) is 18.0 Å². The second-order valence-corrected chi connectivity index (χ2v) is 5.59. The lowest BCUT2D eigenvalue weighted by atomic mass is 10.1.